The highest BCUT2D eigenvalue weighted by molar-refractivity contribution is 6.09. The molecule has 0 spiro atoms. The van der Waals surface area contributed by atoms with Crippen molar-refractivity contribution in [3.05, 3.63) is 11.6 Å². The van der Waals surface area contributed by atoms with Gasteiger partial charge in [0.25, 0.3) is 0 Å². The fourth-order valence-corrected chi connectivity index (χ4v) is 1.26. The van der Waals surface area contributed by atoms with Crippen LogP contribution in [0, 0.1) is 0 Å². The largest absolute Gasteiger partial charge is 0.386 e. The van der Waals surface area contributed by atoms with E-state index < -0.39 is 18.0 Å². The van der Waals surface area contributed by atoms with Crippen molar-refractivity contribution in [2.75, 3.05) is 19.8 Å². The molecular formula is C8H8O5. The number of cyclic esters (lactones) is 2. The van der Waals surface area contributed by atoms with Crippen LogP contribution in [0.5, 0.6) is 0 Å². The van der Waals surface area contributed by atoms with Gasteiger partial charge in [-0.3, -0.25) is 0 Å². The van der Waals surface area contributed by atoms with Gasteiger partial charge in [0, 0.05) is 6.08 Å². The SMILES string of the molecule is O=C1C=C(C2COCCO2)C(=O)O1. The standard InChI is InChI=1S/C8H8O5/c9-7-3-5(8(10)13-7)6-4-11-1-2-12-6/h3,6H,1-2,4H2. The molecule has 2 rings (SSSR count). The third-order valence-corrected chi connectivity index (χ3v) is 1.87. The third kappa shape index (κ3) is 1.61. The summed E-state index contributed by atoms with van der Waals surface area (Å²) < 4.78 is 14.6. The van der Waals surface area contributed by atoms with Crippen LogP contribution in [0.2, 0.25) is 0 Å². The number of hydrogen-bond acceptors (Lipinski definition) is 5. The van der Waals surface area contributed by atoms with Gasteiger partial charge in [-0.05, 0) is 0 Å². The molecule has 13 heavy (non-hydrogen) atoms. The average molecular weight is 184 g/mol. The number of ether oxygens (including phenoxy) is 3. The van der Waals surface area contributed by atoms with Crippen LogP contribution in [-0.2, 0) is 23.8 Å². The highest BCUT2D eigenvalue weighted by atomic mass is 16.6. The second-order valence-corrected chi connectivity index (χ2v) is 2.74. The van der Waals surface area contributed by atoms with Gasteiger partial charge in [-0.15, -0.1) is 0 Å². The van der Waals surface area contributed by atoms with Crippen LogP contribution >= 0.6 is 0 Å². The molecule has 0 aliphatic carbocycles. The number of rotatable bonds is 1. The van der Waals surface area contributed by atoms with E-state index in [0.717, 1.165) is 6.08 Å². The zero-order chi connectivity index (χ0) is 9.26. The molecule has 1 fully saturated rings. The van der Waals surface area contributed by atoms with Crippen molar-refractivity contribution in [3.8, 4) is 0 Å². The Morgan fingerprint density at radius 2 is 2.15 bits per heavy atom. The maximum atomic E-state index is 11.0. The molecule has 2 aliphatic heterocycles. The molecule has 0 aromatic rings. The summed E-state index contributed by atoms with van der Waals surface area (Å²) in [4.78, 5) is 21.7. The van der Waals surface area contributed by atoms with Gasteiger partial charge in [0.1, 0.15) is 6.10 Å². The topological polar surface area (TPSA) is 61.8 Å². The molecule has 0 N–H and O–H groups in total. The molecule has 0 bridgehead atoms. The Morgan fingerprint density at radius 3 is 2.69 bits per heavy atom. The molecule has 1 saturated heterocycles. The zero-order valence-corrected chi connectivity index (χ0v) is 6.82. The molecule has 2 aliphatic rings. The zero-order valence-electron chi connectivity index (χ0n) is 6.82. The van der Waals surface area contributed by atoms with E-state index in [0.29, 0.717) is 19.8 Å². The predicted molar refractivity (Wildman–Crippen MR) is 39.7 cm³/mol. The van der Waals surface area contributed by atoms with Crippen LogP contribution in [-0.4, -0.2) is 37.9 Å². The molecule has 1 unspecified atom stereocenters. The van der Waals surface area contributed by atoms with E-state index in [1.54, 1.807) is 0 Å². The molecule has 70 valence electrons. The van der Waals surface area contributed by atoms with Crippen molar-refractivity contribution >= 4 is 11.9 Å². The van der Waals surface area contributed by atoms with Crippen molar-refractivity contribution in [3.63, 3.8) is 0 Å². The summed E-state index contributed by atoms with van der Waals surface area (Å²) in [6.07, 6.45) is 0.703. The van der Waals surface area contributed by atoms with Crippen LogP contribution in [0.3, 0.4) is 0 Å². The van der Waals surface area contributed by atoms with E-state index in [4.69, 9.17) is 9.47 Å². The van der Waals surface area contributed by atoms with Crippen LogP contribution in [0.1, 0.15) is 0 Å². The Balaban J connectivity index is 2.10. The van der Waals surface area contributed by atoms with Crippen LogP contribution < -0.4 is 0 Å². The van der Waals surface area contributed by atoms with Gasteiger partial charge in [-0.2, -0.15) is 0 Å². The highest BCUT2D eigenvalue weighted by Gasteiger charge is 2.32. The Kier molecular flexibility index (Phi) is 2.12. The fraction of sp³-hybridized carbons (Fsp3) is 0.500. The Hall–Kier alpha value is -1.20. The second-order valence-electron chi connectivity index (χ2n) is 2.74. The molecule has 0 aromatic heterocycles. The highest BCUT2D eigenvalue weighted by Crippen LogP contribution is 2.17. The monoisotopic (exact) mass is 184 g/mol. The van der Waals surface area contributed by atoms with Crippen LogP contribution in [0.15, 0.2) is 11.6 Å². The van der Waals surface area contributed by atoms with Crippen molar-refractivity contribution in [2.24, 2.45) is 0 Å². The molecule has 0 aromatic carbocycles. The van der Waals surface area contributed by atoms with Crippen molar-refractivity contribution in [2.45, 2.75) is 6.10 Å². The molecule has 0 radical (unpaired) electrons. The second kappa shape index (κ2) is 3.27. The maximum absolute atomic E-state index is 11.0. The first-order valence-electron chi connectivity index (χ1n) is 3.94. The molecular weight excluding hydrogens is 176 g/mol. The lowest BCUT2D eigenvalue weighted by Gasteiger charge is -2.22. The van der Waals surface area contributed by atoms with E-state index in [2.05, 4.69) is 4.74 Å². The minimum Gasteiger partial charge on any atom is -0.386 e. The lowest BCUT2D eigenvalue weighted by Crippen LogP contribution is -2.32. The fourth-order valence-electron chi connectivity index (χ4n) is 1.26. The Labute approximate surface area is 74.3 Å². The molecule has 2 heterocycles. The summed E-state index contributed by atoms with van der Waals surface area (Å²) in [6, 6.07) is 0. The number of hydrogen-bond donors (Lipinski definition) is 0. The predicted octanol–water partition coefficient (Wildman–Crippen LogP) is -0.588. The Bertz CT molecular complexity index is 274. The van der Waals surface area contributed by atoms with Crippen molar-refractivity contribution in [1.29, 1.82) is 0 Å². The number of carbonyl (C=O) groups is 2. The normalized spacial score (nSPS) is 28.6. The Morgan fingerprint density at radius 1 is 1.31 bits per heavy atom. The molecule has 5 heteroatoms. The summed E-state index contributed by atoms with van der Waals surface area (Å²) in [7, 11) is 0. The van der Waals surface area contributed by atoms with E-state index in [1.807, 2.05) is 0 Å². The van der Waals surface area contributed by atoms with Crippen LogP contribution in [0.25, 0.3) is 0 Å². The first-order valence-corrected chi connectivity index (χ1v) is 3.94. The van der Waals surface area contributed by atoms with Crippen molar-refractivity contribution < 1.29 is 23.8 Å². The summed E-state index contributed by atoms with van der Waals surface area (Å²) in [6.45, 7) is 1.25. The van der Waals surface area contributed by atoms with Gasteiger partial charge < -0.3 is 14.2 Å². The van der Waals surface area contributed by atoms with Crippen molar-refractivity contribution in [1.82, 2.24) is 0 Å². The van der Waals surface area contributed by atoms with Gasteiger partial charge in [-0.25, -0.2) is 9.59 Å². The molecule has 1 atom stereocenters. The number of esters is 2. The summed E-state index contributed by atoms with van der Waals surface area (Å²) in [5.41, 5.74) is 0.254. The third-order valence-electron chi connectivity index (χ3n) is 1.87. The minimum atomic E-state index is -0.630. The van der Waals surface area contributed by atoms with Gasteiger partial charge in [0.2, 0.25) is 0 Å². The summed E-state index contributed by atoms with van der Waals surface area (Å²) in [5, 5.41) is 0. The summed E-state index contributed by atoms with van der Waals surface area (Å²) >= 11 is 0. The average Bonchev–Trinajstić information content (AvgIpc) is 2.47. The maximum Gasteiger partial charge on any atom is 0.344 e. The lowest BCUT2D eigenvalue weighted by atomic mass is 10.1. The quantitative estimate of drug-likeness (QED) is 0.402. The van der Waals surface area contributed by atoms with Gasteiger partial charge >= 0.3 is 11.9 Å². The van der Waals surface area contributed by atoms with E-state index in [1.165, 1.54) is 0 Å². The smallest absolute Gasteiger partial charge is 0.344 e. The van der Waals surface area contributed by atoms with Gasteiger partial charge in [0.05, 0.1) is 25.4 Å². The first-order chi connectivity index (χ1) is 6.27. The first kappa shape index (κ1) is 8.40. The molecule has 0 saturated carbocycles. The molecule has 5 nitrogen and oxygen atoms in total. The van der Waals surface area contributed by atoms with E-state index >= 15 is 0 Å². The number of carbonyl (C=O) groups excluding carboxylic acids is 2. The van der Waals surface area contributed by atoms with Gasteiger partial charge in [0.15, 0.2) is 0 Å². The van der Waals surface area contributed by atoms with E-state index in [9.17, 15) is 9.59 Å². The minimum absolute atomic E-state index is 0.254. The lowest BCUT2D eigenvalue weighted by molar-refractivity contribution is -0.152. The van der Waals surface area contributed by atoms with Gasteiger partial charge in [-0.1, -0.05) is 0 Å². The molecule has 0 amide bonds. The summed E-state index contributed by atoms with van der Waals surface area (Å²) in [5.74, 6) is -1.25. The van der Waals surface area contributed by atoms with E-state index in [-0.39, 0.29) is 5.57 Å². The van der Waals surface area contributed by atoms with Crippen LogP contribution in [0.4, 0.5) is 0 Å².